The fraction of sp³-hybridized carbons (Fsp3) is 0.450. The summed E-state index contributed by atoms with van der Waals surface area (Å²) in [6.07, 6.45) is 3.64. The van der Waals surface area contributed by atoms with Gasteiger partial charge in [0.2, 0.25) is 5.91 Å². The molecule has 1 aliphatic rings. The van der Waals surface area contributed by atoms with E-state index in [0.29, 0.717) is 18.2 Å². The van der Waals surface area contributed by atoms with Crippen molar-refractivity contribution in [1.29, 1.82) is 0 Å². The summed E-state index contributed by atoms with van der Waals surface area (Å²) in [6, 6.07) is 8.93. The molecule has 0 spiro atoms. The minimum Gasteiger partial charge on any atom is -0.494 e. The van der Waals surface area contributed by atoms with E-state index in [2.05, 4.69) is 11.9 Å². The van der Waals surface area contributed by atoms with Gasteiger partial charge < -0.3 is 9.64 Å². The van der Waals surface area contributed by atoms with Gasteiger partial charge in [-0.3, -0.25) is 14.2 Å². The molecule has 0 radical (unpaired) electrons. The molecule has 0 bridgehead atoms. The van der Waals surface area contributed by atoms with Crippen LogP contribution in [-0.2, 0) is 11.3 Å². The fourth-order valence-corrected chi connectivity index (χ4v) is 3.25. The standard InChI is InChI=1S/C20H25N3O3/c1-3-26-17-8-6-16(7-9-17)18-11-19(24)23(14-21-18)13-20(25)22-10-4-5-15(2)12-22/h6-9,11,14-15H,3-5,10,12-13H2,1-2H3. The van der Waals surface area contributed by atoms with Gasteiger partial charge in [0.15, 0.2) is 0 Å². The smallest absolute Gasteiger partial charge is 0.254 e. The van der Waals surface area contributed by atoms with Crippen molar-refractivity contribution in [2.75, 3.05) is 19.7 Å². The Morgan fingerprint density at radius 3 is 2.73 bits per heavy atom. The molecule has 0 N–H and O–H groups in total. The summed E-state index contributed by atoms with van der Waals surface area (Å²) in [5.41, 5.74) is 1.21. The highest BCUT2D eigenvalue weighted by molar-refractivity contribution is 5.76. The van der Waals surface area contributed by atoms with Gasteiger partial charge >= 0.3 is 0 Å². The summed E-state index contributed by atoms with van der Waals surface area (Å²) in [5.74, 6) is 1.28. The largest absolute Gasteiger partial charge is 0.494 e. The zero-order valence-corrected chi connectivity index (χ0v) is 15.4. The first-order chi connectivity index (χ1) is 12.6. The number of ether oxygens (including phenoxy) is 1. The van der Waals surface area contributed by atoms with Crippen LogP contribution in [0.25, 0.3) is 11.3 Å². The molecular weight excluding hydrogens is 330 g/mol. The Morgan fingerprint density at radius 2 is 2.08 bits per heavy atom. The van der Waals surface area contributed by atoms with Gasteiger partial charge in [0.05, 0.1) is 18.6 Å². The maximum absolute atomic E-state index is 12.4. The molecule has 1 aromatic heterocycles. The topological polar surface area (TPSA) is 64.4 Å². The van der Waals surface area contributed by atoms with E-state index in [1.54, 1.807) is 0 Å². The lowest BCUT2D eigenvalue weighted by Gasteiger charge is -2.31. The Hall–Kier alpha value is -2.63. The van der Waals surface area contributed by atoms with Crippen LogP contribution in [0.3, 0.4) is 0 Å². The quantitative estimate of drug-likeness (QED) is 0.827. The van der Waals surface area contributed by atoms with Crippen molar-refractivity contribution in [3.05, 3.63) is 47.0 Å². The van der Waals surface area contributed by atoms with Crippen LogP contribution in [0.4, 0.5) is 0 Å². The monoisotopic (exact) mass is 355 g/mol. The number of nitrogens with zero attached hydrogens (tertiary/aromatic N) is 3. The number of carbonyl (C=O) groups is 1. The van der Waals surface area contributed by atoms with Crippen molar-refractivity contribution in [2.24, 2.45) is 5.92 Å². The van der Waals surface area contributed by atoms with Crippen molar-refractivity contribution in [1.82, 2.24) is 14.5 Å². The molecule has 2 heterocycles. The van der Waals surface area contributed by atoms with Crippen LogP contribution >= 0.6 is 0 Å². The Balaban J connectivity index is 1.71. The van der Waals surface area contributed by atoms with Gasteiger partial charge in [0.25, 0.3) is 5.56 Å². The van der Waals surface area contributed by atoms with E-state index in [1.165, 1.54) is 17.0 Å². The van der Waals surface area contributed by atoms with Gasteiger partial charge in [-0.05, 0) is 49.9 Å². The van der Waals surface area contributed by atoms with Crippen molar-refractivity contribution in [2.45, 2.75) is 33.2 Å². The van der Waals surface area contributed by atoms with Crippen LogP contribution in [-0.4, -0.2) is 40.1 Å². The first kappa shape index (κ1) is 18.2. The molecule has 26 heavy (non-hydrogen) atoms. The average Bonchev–Trinajstić information content (AvgIpc) is 2.64. The van der Waals surface area contributed by atoms with E-state index in [-0.39, 0.29) is 18.0 Å². The fourth-order valence-electron chi connectivity index (χ4n) is 3.25. The Bertz CT molecular complexity index is 814. The molecular formula is C20H25N3O3. The second kappa shape index (κ2) is 8.17. The molecule has 6 heteroatoms. The summed E-state index contributed by atoms with van der Waals surface area (Å²) in [6.45, 7) is 6.28. The highest BCUT2D eigenvalue weighted by Crippen LogP contribution is 2.19. The van der Waals surface area contributed by atoms with Crippen molar-refractivity contribution in [3.63, 3.8) is 0 Å². The second-order valence-corrected chi connectivity index (χ2v) is 6.78. The second-order valence-electron chi connectivity index (χ2n) is 6.78. The third kappa shape index (κ3) is 4.31. The number of benzene rings is 1. The molecule has 1 aromatic carbocycles. The number of amides is 1. The van der Waals surface area contributed by atoms with Crippen LogP contribution in [0.2, 0.25) is 0 Å². The molecule has 1 unspecified atom stereocenters. The van der Waals surface area contributed by atoms with E-state index in [4.69, 9.17) is 4.74 Å². The van der Waals surface area contributed by atoms with E-state index in [1.807, 2.05) is 36.1 Å². The predicted octanol–water partition coefficient (Wildman–Crippen LogP) is 2.57. The van der Waals surface area contributed by atoms with Crippen LogP contribution < -0.4 is 10.3 Å². The maximum Gasteiger partial charge on any atom is 0.254 e. The third-order valence-corrected chi connectivity index (χ3v) is 4.66. The van der Waals surface area contributed by atoms with E-state index < -0.39 is 0 Å². The molecule has 2 aromatic rings. The summed E-state index contributed by atoms with van der Waals surface area (Å²) in [4.78, 5) is 31.0. The normalized spacial score (nSPS) is 17.2. The number of likely N-dealkylation sites (tertiary alicyclic amines) is 1. The van der Waals surface area contributed by atoms with Crippen LogP contribution in [0.1, 0.15) is 26.7 Å². The third-order valence-electron chi connectivity index (χ3n) is 4.66. The van der Waals surface area contributed by atoms with E-state index in [0.717, 1.165) is 37.2 Å². The zero-order valence-electron chi connectivity index (χ0n) is 15.4. The minimum atomic E-state index is -0.220. The molecule has 138 valence electrons. The summed E-state index contributed by atoms with van der Waals surface area (Å²) >= 11 is 0. The number of hydrogen-bond donors (Lipinski definition) is 0. The van der Waals surface area contributed by atoms with Crippen LogP contribution in [0.5, 0.6) is 5.75 Å². The molecule has 1 amide bonds. The Kier molecular flexibility index (Phi) is 5.71. The van der Waals surface area contributed by atoms with Gasteiger partial charge in [-0.15, -0.1) is 0 Å². The summed E-state index contributed by atoms with van der Waals surface area (Å²) in [5, 5.41) is 0. The van der Waals surface area contributed by atoms with Crippen LogP contribution in [0, 0.1) is 5.92 Å². The molecule has 1 aliphatic heterocycles. The average molecular weight is 355 g/mol. The highest BCUT2D eigenvalue weighted by Gasteiger charge is 2.21. The lowest BCUT2D eigenvalue weighted by atomic mass is 10.0. The minimum absolute atomic E-state index is 0.0192. The van der Waals surface area contributed by atoms with Gasteiger partial charge in [-0.2, -0.15) is 0 Å². The molecule has 3 rings (SSSR count). The molecule has 1 fully saturated rings. The lowest BCUT2D eigenvalue weighted by Crippen LogP contribution is -2.42. The molecule has 1 saturated heterocycles. The number of aromatic nitrogens is 2. The Labute approximate surface area is 153 Å². The summed E-state index contributed by atoms with van der Waals surface area (Å²) < 4.78 is 6.79. The van der Waals surface area contributed by atoms with Gasteiger partial charge in [0.1, 0.15) is 12.3 Å². The highest BCUT2D eigenvalue weighted by atomic mass is 16.5. The van der Waals surface area contributed by atoms with Crippen molar-refractivity contribution in [3.8, 4) is 17.0 Å². The van der Waals surface area contributed by atoms with Crippen LogP contribution in [0.15, 0.2) is 41.5 Å². The number of rotatable bonds is 5. The number of carbonyl (C=O) groups excluding carboxylic acids is 1. The molecule has 6 nitrogen and oxygen atoms in total. The van der Waals surface area contributed by atoms with E-state index in [9.17, 15) is 9.59 Å². The van der Waals surface area contributed by atoms with Gasteiger partial charge in [-0.1, -0.05) is 6.92 Å². The van der Waals surface area contributed by atoms with Gasteiger partial charge in [-0.25, -0.2) is 4.98 Å². The zero-order chi connectivity index (χ0) is 18.5. The molecule has 0 saturated carbocycles. The van der Waals surface area contributed by atoms with E-state index >= 15 is 0 Å². The summed E-state index contributed by atoms with van der Waals surface area (Å²) in [7, 11) is 0. The number of piperidine rings is 1. The predicted molar refractivity (Wildman–Crippen MR) is 100 cm³/mol. The van der Waals surface area contributed by atoms with Crippen molar-refractivity contribution >= 4 is 5.91 Å². The Morgan fingerprint density at radius 1 is 1.31 bits per heavy atom. The maximum atomic E-state index is 12.4. The van der Waals surface area contributed by atoms with Crippen molar-refractivity contribution < 1.29 is 9.53 Å². The SMILES string of the molecule is CCOc1ccc(-c2cc(=O)n(CC(=O)N3CCCC(C)C3)cn2)cc1. The van der Waals surface area contributed by atoms with Gasteiger partial charge in [0, 0.05) is 24.7 Å². The molecule has 0 aliphatic carbocycles. The first-order valence-corrected chi connectivity index (χ1v) is 9.14. The number of hydrogen-bond acceptors (Lipinski definition) is 4. The first-order valence-electron chi connectivity index (χ1n) is 9.14. The molecule has 1 atom stereocenters. The lowest BCUT2D eigenvalue weighted by molar-refractivity contribution is -0.133.